The first-order valence-electron chi connectivity index (χ1n) is 38.5. The first kappa shape index (κ1) is 87.9. The van der Waals surface area contributed by atoms with Crippen LogP contribution >= 0.6 is 14.7 Å². The van der Waals surface area contributed by atoms with Crippen LogP contribution < -0.4 is 0 Å². The zero-order valence-electron chi connectivity index (χ0n) is 58.9. The van der Waals surface area contributed by atoms with Crippen molar-refractivity contribution in [3.63, 3.8) is 0 Å². The smallest absolute Gasteiger partial charge is 0.307 e. The second kappa shape index (κ2) is 63.0. The average Bonchev–Trinajstić information content (AvgIpc) is 2.23. The Hall–Kier alpha value is -1.10. The Balaban J connectivity index is 6.70. The van der Waals surface area contributed by atoms with E-state index in [-0.39, 0.29) is 69.5 Å². The topological polar surface area (TPSA) is 202 Å². The van der Waals surface area contributed by atoms with Gasteiger partial charge in [-0.05, 0) is 44.9 Å². The third kappa shape index (κ3) is 45.8. The fraction of sp³-hybridized carbons (Fsp3) is 0.947. The van der Waals surface area contributed by atoms with Crippen LogP contribution in [0, 0.1) is 0 Å². The van der Waals surface area contributed by atoms with Gasteiger partial charge in [-0.25, -0.2) is 0 Å². The Morgan fingerprint density at radius 2 is 0.506 bits per heavy atom. The molecule has 0 aliphatic carbocycles. The molecule has 4 atom stereocenters. The zero-order chi connectivity index (χ0) is 65.6. The fourth-order valence-electron chi connectivity index (χ4n) is 12.6. The maximum atomic E-state index is 16.3. The summed E-state index contributed by atoms with van der Waals surface area (Å²) in [7, 11) is -11.0. The zero-order valence-corrected chi connectivity index (χ0v) is 60.6. The summed E-state index contributed by atoms with van der Waals surface area (Å²) in [6, 6.07) is 0. The van der Waals surface area contributed by atoms with Crippen LogP contribution in [0.25, 0.3) is 0 Å². The van der Waals surface area contributed by atoms with E-state index in [1.54, 1.807) is 0 Å². The molecule has 0 spiro atoms. The van der Waals surface area contributed by atoms with Crippen LogP contribution in [-0.4, -0.2) is 80.2 Å². The van der Waals surface area contributed by atoms with E-state index >= 15 is 18.7 Å². The second-order valence-electron chi connectivity index (χ2n) is 27.1. The summed E-state index contributed by atoms with van der Waals surface area (Å²) < 4.78 is 45.0. The number of hydrogen-bond acceptors (Lipinski definition) is 12. The van der Waals surface area contributed by atoms with Crippen molar-refractivity contribution in [2.75, 3.05) is 19.8 Å². The third-order valence-electron chi connectivity index (χ3n) is 18.5. The number of carbonyl (C=O) groups is 4. The molecule has 0 aromatic rings. The van der Waals surface area contributed by atoms with E-state index < -0.39 is 75.6 Å². The highest BCUT2D eigenvalue weighted by molar-refractivity contribution is 7.93. The molecule has 0 heterocycles. The number of Topliss-reactive ketones (excluding diaryl/α,β-unsaturated/α-hetero) is 2. The van der Waals surface area contributed by atoms with Gasteiger partial charge in [-0.2, -0.15) is 0 Å². The molecule has 0 rings (SSSR count). The minimum Gasteiger partial charge on any atom is -0.396 e. The van der Waals surface area contributed by atoms with Gasteiger partial charge in [-0.3, -0.25) is 28.3 Å². The largest absolute Gasteiger partial charge is 0.396 e. The molecule has 0 radical (unpaired) electrons. The lowest BCUT2D eigenvalue weighted by Crippen LogP contribution is -2.40. The van der Waals surface area contributed by atoms with Crippen LogP contribution in [0.1, 0.15) is 419 Å². The van der Waals surface area contributed by atoms with Crippen molar-refractivity contribution in [2.45, 2.75) is 437 Å². The molecule has 528 valence electrons. The van der Waals surface area contributed by atoms with Gasteiger partial charge < -0.3 is 29.5 Å². The summed E-state index contributed by atoms with van der Waals surface area (Å²) in [6.45, 7) is 6.85. The lowest BCUT2D eigenvalue weighted by atomic mass is 10.0. The van der Waals surface area contributed by atoms with Gasteiger partial charge in [0.15, 0.2) is 0 Å². The van der Waals surface area contributed by atoms with Gasteiger partial charge in [0.1, 0.15) is 11.6 Å². The molecule has 0 aliphatic heterocycles. The van der Waals surface area contributed by atoms with E-state index in [9.17, 15) is 30.0 Å². The van der Waals surface area contributed by atoms with E-state index in [1.807, 2.05) is 0 Å². The quantitative estimate of drug-likeness (QED) is 0.0332. The number of unbranched alkanes of at least 4 members (excludes halogenated alkanes) is 49. The molecule has 0 bridgehead atoms. The Morgan fingerprint density at radius 3 is 0.708 bits per heavy atom. The SMILES string of the molecule is CCCCCCCCCCCCCCCC(=O)CC(CO)OP(=O)(C(=O)CCCCCCCCCCCCCCC)C(O)(CCCCO)P(=O)(OC(CO)CC(=O)CCCCCCCCCCCCCCC)C(=O)CCCCCCCCCCCCCCC. The minimum absolute atomic E-state index is 0.0183. The van der Waals surface area contributed by atoms with Crippen LogP contribution in [0.15, 0.2) is 0 Å². The maximum Gasteiger partial charge on any atom is 0.307 e. The molecule has 0 aromatic carbocycles. The highest BCUT2D eigenvalue weighted by Gasteiger charge is 2.68. The lowest BCUT2D eigenvalue weighted by Gasteiger charge is -2.41. The van der Waals surface area contributed by atoms with Gasteiger partial charge in [0.25, 0.3) is 0 Å². The summed E-state index contributed by atoms with van der Waals surface area (Å²) in [5, 5.41) is 42.0. The van der Waals surface area contributed by atoms with Crippen molar-refractivity contribution in [3.05, 3.63) is 0 Å². The average molecular weight is 1300 g/mol. The molecule has 14 heteroatoms. The minimum atomic E-state index is -5.49. The van der Waals surface area contributed by atoms with E-state index in [0.717, 1.165) is 103 Å². The molecule has 0 saturated heterocycles. The van der Waals surface area contributed by atoms with Gasteiger partial charge in [-0.15, -0.1) is 0 Å². The van der Waals surface area contributed by atoms with E-state index in [1.165, 1.54) is 193 Å². The normalized spacial score (nSPS) is 14.6. The molecule has 0 saturated carbocycles. The molecule has 0 aromatic heterocycles. The first-order valence-corrected chi connectivity index (χ1v) is 41.8. The van der Waals surface area contributed by atoms with Gasteiger partial charge in [0, 0.05) is 45.1 Å². The van der Waals surface area contributed by atoms with Crippen LogP contribution in [0.2, 0.25) is 0 Å². The number of aliphatic hydroxyl groups is 4. The van der Waals surface area contributed by atoms with Gasteiger partial charge in [0.05, 0.1) is 25.4 Å². The Bertz CT molecular complexity index is 1610. The van der Waals surface area contributed by atoms with Crippen LogP contribution in [0.3, 0.4) is 0 Å². The predicted molar refractivity (Wildman–Crippen MR) is 376 cm³/mol. The molecular formula is C75H146O12P2. The number of hydrogen-bond donors (Lipinski definition) is 4. The molecule has 4 unspecified atom stereocenters. The van der Waals surface area contributed by atoms with E-state index in [0.29, 0.717) is 25.7 Å². The van der Waals surface area contributed by atoms with Crippen LogP contribution in [-0.2, 0) is 37.4 Å². The van der Waals surface area contributed by atoms with E-state index in [4.69, 9.17) is 9.05 Å². The van der Waals surface area contributed by atoms with Crippen molar-refractivity contribution in [1.82, 2.24) is 0 Å². The molecule has 12 nitrogen and oxygen atoms in total. The van der Waals surface area contributed by atoms with E-state index in [2.05, 4.69) is 27.7 Å². The predicted octanol–water partition coefficient (Wildman–Crippen LogP) is 23.0. The second-order valence-corrected chi connectivity index (χ2v) is 32.6. The summed E-state index contributed by atoms with van der Waals surface area (Å²) in [5.74, 6) is -0.571. The number of aliphatic hydroxyl groups excluding tert-OH is 3. The molecule has 0 fully saturated rings. The maximum absolute atomic E-state index is 16.3. The lowest BCUT2D eigenvalue weighted by molar-refractivity contribution is -0.122. The Kier molecular flexibility index (Phi) is 62.2. The van der Waals surface area contributed by atoms with Crippen LogP contribution in [0.4, 0.5) is 0 Å². The third-order valence-corrected chi connectivity index (χ3v) is 25.4. The van der Waals surface area contributed by atoms with Crippen molar-refractivity contribution in [3.8, 4) is 0 Å². The summed E-state index contributed by atoms with van der Waals surface area (Å²) in [5.41, 5.74) is -2.13. The van der Waals surface area contributed by atoms with Crippen LogP contribution in [0.5, 0.6) is 0 Å². The molecule has 89 heavy (non-hydrogen) atoms. The molecular weight excluding hydrogens is 1150 g/mol. The number of carbonyl (C=O) groups excluding carboxylic acids is 4. The number of rotatable bonds is 74. The summed E-state index contributed by atoms with van der Waals surface area (Å²) in [4.78, 5) is 57.4. The molecule has 4 N–H and O–H groups in total. The van der Waals surface area contributed by atoms with Gasteiger partial charge >= 0.3 is 14.7 Å². The molecule has 0 aliphatic rings. The van der Waals surface area contributed by atoms with Crippen molar-refractivity contribution >= 4 is 37.4 Å². The standard InChI is InChI=1S/C75H146O12P2/c1-5-9-13-17-21-25-29-33-37-41-45-49-53-59-69(79)65-71(67-77)86-88(84,73(81)61-55-51-47-43-39-35-31-27-23-19-15-11-7-3)75(83,63-57-58-64-76)89(85,74(82)62-56-52-48-44-40-36-32-28-24-20-16-12-8-4)87-72(68-78)66-70(80)60-54-50-46-42-38-34-30-26-22-18-14-10-6-2/h71-72,76-78,83H,5-68H2,1-4H3. The first-order chi connectivity index (χ1) is 43.3. The summed E-state index contributed by atoms with van der Waals surface area (Å²) >= 11 is 0. The van der Waals surface area contributed by atoms with Gasteiger partial charge in [-0.1, -0.05) is 336 Å². The Labute approximate surface area is 549 Å². The van der Waals surface area contributed by atoms with Crippen molar-refractivity contribution < 1.29 is 57.8 Å². The molecule has 0 amide bonds. The Morgan fingerprint density at radius 1 is 0.303 bits per heavy atom. The monoisotopic (exact) mass is 1300 g/mol. The highest BCUT2D eigenvalue weighted by atomic mass is 31.2. The van der Waals surface area contributed by atoms with Gasteiger partial charge in [0.2, 0.25) is 16.1 Å². The fourth-order valence-corrected chi connectivity index (χ4v) is 19.2. The summed E-state index contributed by atoms with van der Waals surface area (Å²) in [6.07, 6.45) is 51.6. The van der Waals surface area contributed by atoms with Crippen molar-refractivity contribution in [1.29, 1.82) is 0 Å². The van der Waals surface area contributed by atoms with Crippen molar-refractivity contribution in [2.24, 2.45) is 0 Å². The number of ketones is 2. The highest BCUT2D eigenvalue weighted by Crippen LogP contribution is 2.79.